The normalized spacial score (nSPS) is 11.3. The molecule has 2 rings (SSSR count). The molecule has 75 valence electrons. The van der Waals surface area contributed by atoms with Crippen LogP contribution >= 0.6 is 0 Å². The third kappa shape index (κ3) is 2.35. The van der Waals surface area contributed by atoms with E-state index in [2.05, 4.69) is 48.5 Å². The van der Waals surface area contributed by atoms with Crippen molar-refractivity contribution in [1.82, 2.24) is 5.40 Å². The van der Waals surface area contributed by atoms with Crippen molar-refractivity contribution in [2.24, 2.45) is 0 Å². The van der Waals surface area contributed by atoms with Gasteiger partial charge in [-0.3, -0.25) is 5.40 Å². The van der Waals surface area contributed by atoms with Gasteiger partial charge in [-0.05, 0) is 11.1 Å². The van der Waals surface area contributed by atoms with Crippen LogP contribution in [0.25, 0.3) is 0 Å². The number of benzene rings is 2. The summed E-state index contributed by atoms with van der Waals surface area (Å²) in [5, 5.41) is 7.77. The third-order valence-electron chi connectivity index (χ3n) is 2.61. The number of nitrogens with one attached hydrogen (secondary N) is 1. The zero-order valence-electron chi connectivity index (χ0n) is 8.56. The van der Waals surface area contributed by atoms with Crippen LogP contribution in [0, 0.1) is 0 Å². The van der Waals surface area contributed by atoms with Crippen molar-refractivity contribution in [2.75, 3.05) is 0 Å². The lowest BCUT2D eigenvalue weighted by Crippen LogP contribution is -2.10. The van der Waals surface area contributed by atoms with Crippen molar-refractivity contribution in [2.45, 2.75) is 5.54 Å². The fourth-order valence-electron chi connectivity index (χ4n) is 1.80. The van der Waals surface area contributed by atoms with E-state index in [1.807, 2.05) is 12.1 Å². The van der Waals surface area contributed by atoms with Crippen molar-refractivity contribution in [1.29, 1.82) is 0 Å². The van der Waals surface area contributed by atoms with Crippen LogP contribution in [0.4, 0.5) is 0 Å². The average Bonchev–Trinajstić information content (AvgIpc) is 2.33. The van der Waals surface area contributed by atoms with Crippen LogP contribution in [0.1, 0.15) is 16.7 Å². The summed E-state index contributed by atoms with van der Waals surface area (Å²) in [5.74, 6) is 0. The lowest BCUT2D eigenvalue weighted by Gasteiger charge is -2.14. The van der Waals surface area contributed by atoms with Crippen LogP contribution in [0.3, 0.4) is 0 Å². The first-order chi connectivity index (χ1) is 7.42. The summed E-state index contributed by atoms with van der Waals surface area (Å²) in [6.45, 7) is 0. The molecule has 0 heterocycles. The molecule has 2 heteroatoms. The molecule has 0 unspecified atom stereocenters. The molecule has 1 radical (unpaired) electrons. The highest BCUT2D eigenvalue weighted by molar-refractivity contribution is 6.34. The fraction of sp³-hybridized carbons (Fsp3) is 0.0769. The summed E-state index contributed by atoms with van der Waals surface area (Å²) < 4.78 is 0. The predicted octanol–water partition coefficient (Wildman–Crippen LogP) is 2.14. The van der Waals surface area contributed by atoms with Gasteiger partial charge in [0.05, 0.1) is 0 Å². The van der Waals surface area contributed by atoms with Crippen LogP contribution in [0.2, 0.25) is 0 Å². The highest BCUT2D eigenvalue weighted by Crippen LogP contribution is 2.21. The molecule has 0 spiro atoms. The van der Waals surface area contributed by atoms with E-state index in [1.54, 1.807) is 0 Å². The largest absolute Gasteiger partial charge is 0.292 e. The highest BCUT2D eigenvalue weighted by Gasteiger charge is 2.11. The second-order valence-electron chi connectivity index (χ2n) is 3.58. The van der Waals surface area contributed by atoms with E-state index < -0.39 is 9.68 Å². The molecule has 2 aromatic rings. The highest BCUT2D eigenvalue weighted by atomic mass is 28.2. The topological polar surface area (TPSA) is 23.8 Å². The maximum Gasteiger partial charge on any atom is 0.121 e. The van der Waals surface area contributed by atoms with Crippen molar-refractivity contribution < 1.29 is 0 Å². The van der Waals surface area contributed by atoms with Crippen LogP contribution in [0.5, 0.6) is 0 Å². The van der Waals surface area contributed by atoms with Gasteiger partial charge in [0.15, 0.2) is 0 Å². The van der Waals surface area contributed by atoms with Gasteiger partial charge in [-0.15, -0.1) is 0 Å². The van der Waals surface area contributed by atoms with E-state index in [1.165, 1.54) is 11.1 Å². The average molecular weight is 212 g/mol. The Bertz CT molecular complexity index is 360. The first kappa shape index (κ1) is 10.1. The summed E-state index contributed by atoms with van der Waals surface area (Å²) in [7, 11) is -0.819. The molecule has 0 aliphatic rings. The van der Waals surface area contributed by atoms with Gasteiger partial charge in [0.1, 0.15) is 9.68 Å². The summed E-state index contributed by atoms with van der Waals surface area (Å²) in [6, 6.07) is 20.8. The Morgan fingerprint density at radius 1 is 0.733 bits per heavy atom. The first-order valence-electron chi connectivity index (χ1n) is 5.16. The van der Waals surface area contributed by atoms with Crippen molar-refractivity contribution in [3.05, 3.63) is 71.8 Å². The van der Waals surface area contributed by atoms with E-state index in [-0.39, 0.29) is 0 Å². The molecule has 0 fully saturated rings. The van der Waals surface area contributed by atoms with Crippen molar-refractivity contribution in [3.8, 4) is 0 Å². The molecule has 15 heavy (non-hydrogen) atoms. The first-order valence-corrected chi connectivity index (χ1v) is 6.68. The maximum absolute atomic E-state index is 7.77. The molecule has 1 N–H and O–H groups in total. The number of hydrogen-bond donors (Lipinski definition) is 0. The van der Waals surface area contributed by atoms with Crippen LogP contribution in [-0.4, -0.2) is 9.68 Å². The fourth-order valence-corrected chi connectivity index (χ4v) is 2.81. The van der Waals surface area contributed by atoms with Gasteiger partial charge in [-0.25, -0.2) is 0 Å². The van der Waals surface area contributed by atoms with E-state index in [0.717, 1.165) is 0 Å². The number of hydrogen-bond acceptors (Lipinski definition) is 0. The lowest BCUT2D eigenvalue weighted by atomic mass is 10.0. The SMILES string of the molecule is [NH][SiH2]C(c1ccccc1)c1ccccc1. The third-order valence-corrected chi connectivity index (χ3v) is 3.96. The minimum Gasteiger partial charge on any atom is -0.292 e. The molecule has 0 aromatic heterocycles. The standard InChI is InChI=1S/C13H14NSi/c14-15-13(11-7-3-1-4-8-11)12-9-5-2-6-10-12/h1-10,13-14H,15H2. The summed E-state index contributed by atoms with van der Waals surface area (Å²) in [5.41, 5.74) is 2.91. The molecule has 2 aromatic carbocycles. The molecule has 1 nitrogen and oxygen atoms in total. The molecule has 0 aliphatic heterocycles. The second kappa shape index (κ2) is 4.91. The molecular formula is C13H14NSi. The van der Waals surface area contributed by atoms with E-state index in [0.29, 0.717) is 5.54 Å². The Morgan fingerprint density at radius 3 is 1.47 bits per heavy atom. The minimum atomic E-state index is -0.819. The van der Waals surface area contributed by atoms with Crippen molar-refractivity contribution in [3.63, 3.8) is 0 Å². The van der Waals surface area contributed by atoms with Gasteiger partial charge in [0.2, 0.25) is 0 Å². The molecule has 0 aliphatic carbocycles. The zero-order chi connectivity index (χ0) is 10.5. The minimum absolute atomic E-state index is 0.340. The van der Waals surface area contributed by atoms with Crippen LogP contribution in [0.15, 0.2) is 60.7 Å². The zero-order valence-corrected chi connectivity index (χ0v) is 9.97. The van der Waals surface area contributed by atoms with Gasteiger partial charge in [-0.2, -0.15) is 0 Å². The Kier molecular flexibility index (Phi) is 3.32. The van der Waals surface area contributed by atoms with E-state index >= 15 is 0 Å². The Morgan fingerprint density at radius 2 is 1.13 bits per heavy atom. The van der Waals surface area contributed by atoms with Gasteiger partial charge in [-0.1, -0.05) is 60.7 Å². The van der Waals surface area contributed by atoms with Gasteiger partial charge < -0.3 is 0 Å². The quantitative estimate of drug-likeness (QED) is 0.696. The van der Waals surface area contributed by atoms with Crippen LogP contribution in [-0.2, 0) is 0 Å². The van der Waals surface area contributed by atoms with Crippen LogP contribution < -0.4 is 5.40 Å². The number of rotatable bonds is 3. The summed E-state index contributed by atoms with van der Waals surface area (Å²) in [6.07, 6.45) is 0. The maximum atomic E-state index is 7.77. The van der Waals surface area contributed by atoms with Crippen molar-refractivity contribution >= 4 is 9.68 Å². The van der Waals surface area contributed by atoms with E-state index in [9.17, 15) is 0 Å². The molecule has 0 saturated carbocycles. The molecule has 0 amide bonds. The molecule has 0 saturated heterocycles. The molecule has 0 bridgehead atoms. The Labute approximate surface area is 92.8 Å². The predicted molar refractivity (Wildman–Crippen MR) is 66.4 cm³/mol. The smallest absolute Gasteiger partial charge is 0.121 e. The van der Waals surface area contributed by atoms with Gasteiger partial charge in [0.25, 0.3) is 0 Å². The Hall–Kier alpha value is -1.38. The van der Waals surface area contributed by atoms with Gasteiger partial charge >= 0.3 is 0 Å². The lowest BCUT2D eigenvalue weighted by molar-refractivity contribution is 1.11. The summed E-state index contributed by atoms with van der Waals surface area (Å²) in [4.78, 5) is 0. The second-order valence-corrected chi connectivity index (χ2v) is 4.80. The van der Waals surface area contributed by atoms with E-state index in [4.69, 9.17) is 5.40 Å². The summed E-state index contributed by atoms with van der Waals surface area (Å²) >= 11 is 0. The van der Waals surface area contributed by atoms with Gasteiger partial charge in [0, 0.05) is 5.54 Å². The Balaban J connectivity index is 2.34. The monoisotopic (exact) mass is 212 g/mol. The molecule has 0 atom stereocenters. The molecular weight excluding hydrogens is 198 g/mol.